The molecule has 1 aliphatic carbocycles. The van der Waals surface area contributed by atoms with Gasteiger partial charge in [0, 0.05) is 12.6 Å². The Bertz CT molecular complexity index is 201. The van der Waals surface area contributed by atoms with Crippen LogP contribution in [0.2, 0.25) is 0 Å². The van der Waals surface area contributed by atoms with Gasteiger partial charge in [-0.1, -0.05) is 46.5 Å². The second-order valence-electron chi connectivity index (χ2n) is 6.08. The topological polar surface area (TPSA) is 32.3 Å². The Kier molecular flexibility index (Phi) is 6.50. The normalized spacial score (nSPS) is 29.8. The van der Waals surface area contributed by atoms with Gasteiger partial charge in [-0.2, -0.15) is 0 Å². The van der Waals surface area contributed by atoms with Gasteiger partial charge in [-0.15, -0.1) is 0 Å². The molecule has 0 amide bonds. The van der Waals surface area contributed by atoms with E-state index in [0.717, 1.165) is 19.4 Å². The fraction of sp³-hybridized carbons (Fsp3) is 1.00. The Hall–Kier alpha value is -0.0800. The van der Waals surface area contributed by atoms with Crippen molar-refractivity contribution in [3.63, 3.8) is 0 Å². The molecule has 0 spiro atoms. The van der Waals surface area contributed by atoms with Crippen LogP contribution in [0.25, 0.3) is 0 Å². The molecule has 1 aliphatic rings. The number of hydrogen-bond donors (Lipinski definition) is 2. The lowest BCUT2D eigenvalue weighted by Crippen LogP contribution is -2.47. The zero-order valence-electron chi connectivity index (χ0n) is 12.0. The predicted molar refractivity (Wildman–Crippen MR) is 74.2 cm³/mol. The molecule has 2 N–H and O–H groups in total. The number of nitrogens with one attached hydrogen (secondary N) is 1. The van der Waals surface area contributed by atoms with Crippen LogP contribution in [-0.4, -0.2) is 23.3 Å². The molecular formula is C15H31NO. The molecule has 0 aliphatic heterocycles. The van der Waals surface area contributed by atoms with E-state index in [1.807, 2.05) is 0 Å². The average molecular weight is 241 g/mol. The van der Waals surface area contributed by atoms with Gasteiger partial charge in [0.25, 0.3) is 0 Å². The monoisotopic (exact) mass is 241 g/mol. The van der Waals surface area contributed by atoms with E-state index >= 15 is 0 Å². The summed E-state index contributed by atoms with van der Waals surface area (Å²) in [6.45, 7) is 7.53. The van der Waals surface area contributed by atoms with Crippen LogP contribution < -0.4 is 5.32 Å². The third-order valence-electron chi connectivity index (χ3n) is 4.06. The van der Waals surface area contributed by atoms with E-state index in [2.05, 4.69) is 26.1 Å². The minimum absolute atomic E-state index is 0.433. The Balaban J connectivity index is 2.35. The van der Waals surface area contributed by atoms with Crippen molar-refractivity contribution >= 4 is 0 Å². The molecule has 0 radical (unpaired) electrons. The Labute approximate surface area is 107 Å². The van der Waals surface area contributed by atoms with Gasteiger partial charge in [-0.3, -0.25) is 0 Å². The molecule has 0 heterocycles. The van der Waals surface area contributed by atoms with Crippen LogP contribution in [0, 0.1) is 5.92 Å². The fourth-order valence-corrected chi connectivity index (χ4v) is 3.17. The fourth-order valence-electron chi connectivity index (χ4n) is 3.17. The van der Waals surface area contributed by atoms with E-state index in [9.17, 15) is 5.11 Å². The highest BCUT2D eigenvalue weighted by Gasteiger charge is 2.32. The highest BCUT2D eigenvalue weighted by Crippen LogP contribution is 2.31. The van der Waals surface area contributed by atoms with Crippen LogP contribution in [0.1, 0.15) is 72.1 Å². The lowest BCUT2D eigenvalue weighted by molar-refractivity contribution is -0.0141. The summed E-state index contributed by atoms with van der Waals surface area (Å²) in [4.78, 5) is 0. The SMILES string of the molecule is CCCC(CCC)NCC1(O)CCCC(C)C1. The smallest absolute Gasteiger partial charge is 0.0774 e. The lowest BCUT2D eigenvalue weighted by atomic mass is 9.79. The minimum Gasteiger partial charge on any atom is -0.389 e. The standard InChI is InChI=1S/C15H31NO/c1-4-7-14(8-5-2)16-12-15(17)10-6-9-13(3)11-15/h13-14,16-17H,4-12H2,1-3H3. The van der Waals surface area contributed by atoms with Gasteiger partial charge < -0.3 is 10.4 Å². The van der Waals surface area contributed by atoms with E-state index in [1.165, 1.54) is 38.5 Å². The van der Waals surface area contributed by atoms with Gasteiger partial charge in [0.1, 0.15) is 0 Å². The van der Waals surface area contributed by atoms with Crippen molar-refractivity contribution in [3.8, 4) is 0 Å². The van der Waals surface area contributed by atoms with Crippen LogP contribution in [0.15, 0.2) is 0 Å². The number of rotatable bonds is 7. The molecule has 2 nitrogen and oxygen atoms in total. The largest absolute Gasteiger partial charge is 0.389 e. The van der Waals surface area contributed by atoms with Gasteiger partial charge >= 0.3 is 0 Å². The molecule has 1 rings (SSSR count). The lowest BCUT2D eigenvalue weighted by Gasteiger charge is -2.37. The molecule has 2 atom stereocenters. The Morgan fingerprint density at radius 3 is 2.47 bits per heavy atom. The third kappa shape index (κ3) is 5.39. The number of hydrogen-bond acceptors (Lipinski definition) is 2. The first-order valence-corrected chi connectivity index (χ1v) is 7.55. The molecule has 0 bridgehead atoms. The van der Waals surface area contributed by atoms with Gasteiger partial charge in [-0.05, 0) is 31.6 Å². The van der Waals surface area contributed by atoms with E-state index in [-0.39, 0.29) is 0 Å². The first kappa shape index (κ1) is 15.0. The Morgan fingerprint density at radius 1 is 1.29 bits per heavy atom. The molecule has 17 heavy (non-hydrogen) atoms. The number of aliphatic hydroxyl groups is 1. The highest BCUT2D eigenvalue weighted by atomic mass is 16.3. The summed E-state index contributed by atoms with van der Waals surface area (Å²) in [5, 5.41) is 14.2. The highest BCUT2D eigenvalue weighted by molar-refractivity contribution is 4.88. The molecule has 2 heteroatoms. The molecule has 1 fully saturated rings. The molecule has 102 valence electrons. The molecule has 0 aromatic heterocycles. The van der Waals surface area contributed by atoms with Crippen molar-refractivity contribution in [2.45, 2.75) is 83.8 Å². The second kappa shape index (κ2) is 7.38. The van der Waals surface area contributed by atoms with Crippen molar-refractivity contribution in [1.29, 1.82) is 0 Å². The summed E-state index contributed by atoms with van der Waals surface area (Å²) >= 11 is 0. The van der Waals surface area contributed by atoms with Crippen LogP contribution in [0.3, 0.4) is 0 Å². The summed E-state index contributed by atoms with van der Waals surface area (Å²) in [7, 11) is 0. The minimum atomic E-state index is -0.433. The van der Waals surface area contributed by atoms with Crippen LogP contribution in [-0.2, 0) is 0 Å². The van der Waals surface area contributed by atoms with Gasteiger partial charge in [0.2, 0.25) is 0 Å². The molecule has 0 aromatic rings. The van der Waals surface area contributed by atoms with Crippen molar-refractivity contribution in [3.05, 3.63) is 0 Å². The van der Waals surface area contributed by atoms with E-state index in [0.29, 0.717) is 12.0 Å². The van der Waals surface area contributed by atoms with Gasteiger partial charge in [-0.25, -0.2) is 0 Å². The second-order valence-corrected chi connectivity index (χ2v) is 6.08. The maximum Gasteiger partial charge on any atom is 0.0774 e. The van der Waals surface area contributed by atoms with E-state index in [4.69, 9.17) is 0 Å². The van der Waals surface area contributed by atoms with Crippen molar-refractivity contribution in [2.24, 2.45) is 5.92 Å². The zero-order valence-corrected chi connectivity index (χ0v) is 12.0. The molecular weight excluding hydrogens is 210 g/mol. The average Bonchev–Trinajstić information content (AvgIpc) is 2.26. The van der Waals surface area contributed by atoms with E-state index < -0.39 is 5.60 Å². The summed E-state index contributed by atoms with van der Waals surface area (Å²) in [5.41, 5.74) is -0.433. The van der Waals surface area contributed by atoms with E-state index in [1.54, 1.807) is 0 Å². The van der Waals surface area contributed by atoms with Crippen molar-refractivity contribution in [2.75, 3.05) is 6.54 Å². The summed E-state index contributed by atoms with van der Waals surface area (Å²) in [6, 6.07) is 0.603. The van der Waals surface area contributed by atoms with Crippen LogP contribution >= 0.6 is 0 Å². The van der Waals surface area contributed by atoms with Crippen molar-refractivity contribution < 1.29 is 5.11 Å². The van der Waals surface area contributed by atoms with Gasteiger partial charge in [0.15, 0.2) is 0 Å². The molecule has 0 aromatic carbocycles. The summed E-state index contributed by atoms with van der Waals surface area (Å²) < 4.78 is 0. The Morgan fingerprint density at radius 2 is 1.94 bits per heavy atom. The third-order valence-corrected chi connectivity index (χ3v) is 4.06. The first-order chi connectivity index (χ1) is 8.09. The summed E-state index contributed by atoms with van der Waals surface area (Å²) in [5.74, 6) is 0.686. The summed E-state index contributed by atoms with van der Waals surface area (Å²) in [6.07, 6.45) is 9.36. The quantitative estimate of drug-likeness (QED) is 0.715. The van der Waals surface area contributed by atoms with Gasteiger partial charge in [0.05, 0.1) is 5.60 Å². The molecule has 0 saturated heterocycles. The maximum absolute atomic E-state index is 10.6. The predicted octanol–water partition coefficient (Wildman–Crippen LogP) is 3.49. The molecule has 1 saturated carbocycles. The maximum atomic E-state index is 10.6. The van der Waals surface area contributed by atoms with Crippen LogP contribution in [0.5, 0.6) is 0 Å². The zero-order chi connectivity index (χ0) is 12.7. The van der Waals surface area contributed by atoms with Crippen molar-refractivity contribution in [1.82, 2.24) is 5.32 Å². The first-order valence-electron chi connectivity index (χ1n) is 7.55. The van der Waals surface area contributed by atoms with Crippen LogP contribution in [0.4, 0.5) is 0 Å². The molecule has 2 unspecified atom stereocenters.